The molecule has 0 amide bonds. The van der Waals surface area contributed by atoms with Gasteiger partial charge in [-0.1, -0.05) is 52.4 Å². The van der Waals surface area contributed by atoms with E-state index in [1.807, 2.05) is 11.3 Å². The third kappa shape index (κ3) is 6.37. The van der Waals surface area contributed by atoms with Gasteiger partial charge in [-0.15, -0.1) is 21.2 Å². The van der Waals surface area contributed by atoms with Crippen molar-refractivity contribution < 1.29 is 0 Å². The molecule has 0 radical (unpaired) electrons. The zero-order chi connectivity index (χ0) is 18.2. The number of hydrogen-bond acceptors (Lipinski definition) is 1. The van der Waals surface area contributed by atoms with Crippen LogP contribution in [0.25, 0.3) is 4.91 Å². The average Bonchev–Trinajstić information content (AvgIpc) is 3.08. The molecular formula is C20H30Br2S2Si. The third-order valence-corrected chi connectivity index (χ3v) is 12.5. The summed E-state index contributed by atoms with van der Waals surface area (Å²) in [5, 5.41) is 0. The normalized spacial score (nSPS) is 17.4. The fourth-order valence-corrected chi connectivity index (χ4v) is 8.96. The first-order valence-corrected chi connectivity index (χ1v) is 15.0. The summed E-state index contributed by atoms with van der Waals surface area (Å²) in [6.45, 7) is 4.57. The maximum atomic E-state index is 3.84. The Labute approximate surface area is 179 Å². The number of thiophene rings is 1. The number of aryl methyl sites for hydroxylation is 1. The van der Waals surface area contributed by atoms with Crippen LogP contribution in [0.4, 0.5) is 0 Å². The van der Waals surface area contributed by atoms with Crippen LogP contribution in [0.3, 0.4) is 0 Å². The van der Waals surface area contributed by atoms with Gasteiger partial charge in [-0.3, -0.25) is 0 Å². The van der Waals surface area contributed by atoms with Gasteiger partial charge in [0.25, 0.3) is 0 Å². The molecule has 1 atom stereocenters. The van der Waals surface area contributed by atoms with Crippen molar-refractivity contribution in [3.63, 3.8) is 0 Å². The summed E-state index contributed by atoms with van der Waals surface area (Å²) in [6, 6.07) is 2.38. The fraction of sp³-hybridized carbons (Fsp3) is 0.600. The van der Waals surface area contributed by atoms with Crippen LogP contribution in [-0.4, -0.2) is 8.95 Å². The van der Waals surface area contributed by atoms with E-state index in [9.17, 15) is 0 Å². The predicted molar refractivity (Wildman–Crippen MR) is 129 cm³/mol. The Morgan fingerprint density at radius 2 is 1.60 bits per heavy atom. The molecule has 0 fully saturated rings. The predicted octanol–water partition coefficient (Wildman–Crippen LogP) is 8.38. The molecule has 1 aliphatic rings. The van der Waals surface area contributed by atoms with E-state index < -0.39 is 0 Å². The highest BCUT2D eigenvalue weighted by Crippen LogP contribution is 2.53. The van der Waals surface area contributed by atoms with Gasteiger partial charge < -0.3 is 0 Å². The highest BCUT2D eigenvalue weighted by Gasteiger charge is 2.22. The molecule has 2 rings (SSSR count). The van der Waals surface area contributed by atoms with Crippen molar-refractivity contribution in [1.29, 1.82) is 0 Å². The molecular weight excluding hydrogens is 492 g/mol. The van der Waals surface area contributed by atoms with Crippen LogP contribution in [-0.2, 0) is 6.42 Å². The van der Waals surface area contributed by atoms with Crippen molar-refractivity contribution in [2.75, 3.05) is 0 Å². The molecule has 1 unspecified atom stereocenters. The van der Waals surface area contributed by atoms with Crippen molar-refractivity contribution in [2.24, 2.45) is 0 Å². The molecule has 0 N–H and O–H groups in total. The number of unbranched alkanes of at least 4 members (excludes halogenated alkanes) is 6. The molecule has 0 bridgehead atoms. The first-order chi connectivity index (χ1) is 12.1. The molecule has 2 heterocycles. The zero-order valence-electron chi connectivity index (χ0n) is 15.5. The average molecular weight is 522 g/mol. The van der Waals surface area contributed by atoms with E-state index in [-0.39, 0.29) is 9.89 Å². The Bertz CT molecular complexity index is 659. The molecule has 140 valence electrons. The standard InChI is InChI=1S/C20H30Br2S2Si/c1-3-5-7-9-11-15-13-17(21)23-19(15)20-16(12-10-8-6-4-2)14-18(22)24(20)25/h13-14H,3-12,25H2,1-2H3. The molecule has 25 heavy (non-hydrogen) atoms. The van der Waals surface area contributed by atoms with Gasteiger partial charge in [0, 0.05) is 22.5 Å². The number of allylic oxidation sites excluding steroid dienone is 2. The Morgan fingerprint density at radius 1 is 0.960 bits per heavy atom. The second kappa shape index (κ2) is 11.5. The van der Waals surface area contributed by atoms with Gasteiger partial charge in [-0.2, -0.15) is 0 Å². The first-order valence-electron chi connectivity index (χ1n) is 9.51. The summed E-state index contributed by atoms with van der Waals surface area (Å²) in [7, 11) is 2.37. The van der Waals surface area contributed by atoms with Gasteiger partial charge in [0.2, 0.25) is 0 Å². The SMILES string of the molecule is CCCCCCC1=C(c2sc(Br)cc2CCCCCC)S(=[SiH2])C(Br)=C1. The van der Waals surface area contributed by atoms with Crippen LogP contribution in [0.15, 0.2) is 25.3 Å². The highest BCUT2D eigenvalue weighted by atomic mass is 79.9. The number of rotatable bonds is 11. The smallest absolute Gasteiger partial charge is 0.0708 e. The van der Waals surface area contributed by atoms with Crippen LogP contribution < -0.4 is 0 Å². The van der Waals surface area contributed by atoms with Crippen molar-refractivity contribution >= 4 is 66.9 Å². The molecule has 5 heteroatoms. The number of halogens is 2. The summed E-state index contributed by atoms with van der Waals surface area (Å²) in [6.07, 6.45) is 15.6. The second-order valence-electron chi connectivity index (χ2n) is 6.72. The van der Waals surface area contributed by atoms with Gasteiger partial charge >= 0.3 is 0 Å². The molecule has 1 aromatic rings. The Hall–Kier alpha value is 0.707. The van der Waals surface area contributed by atoms with Crippen molar-refractivity contribution in [1.82, 2.24) is 0 Å². The Morgan fingerprint density at radius 3 is 2.24 bits per heavy atom. The summed E-state index contributed by atoms with van der Waals surface area (Å²) in [4.78, 5) is 3.18. The van der Waals surface area contributed by atoms with E-state index in [1.165, 1.54) is 71.8 Å². The topological polar surface area (TPSA) is 0 Å². The lowest BCUT2D eigenvalue weighted by Crippen LogP contribution is -1.90. The van der Waals surface area contributed by atoms with E-state index in [4.69, 9.17) is 0 Å². The van der Waals surface area contributed by atoms with Crippen molar-refractivity contribution in [3.05, 3.63) is 35.8 Å². The fourth-order valence-electron chi connectivity index (χ4n) is 3.23. The number of hydrogen-bond donors (Lipinski definition) is 0. The minimum atomic E-state index is 0.225. The van der Waals surface area contributed by atoms with Crippen LogP contribution in [0, 0.1) is 0 Å². The summed E-state index contributed by atoms with van der Waals surface area (Å²) >= 11 is 9.54. The van der Waals surface area contributed by atoms with E-state index in [1.54, 1.807) is 20.9 Å². The quantitative estimate of drug-likeness (QED) is 0.202. The van der Waals surface area contributed by atoms with Gasteiger partial charge in [0.15, 0.2) is 0 Å². The third-order valence-electron chi connectivity index (χ3n) is 4.65. The maximum absolute atomic E-state index is 3.84. The van der Waals surface area contributed by atoms with E-state index in [2.05, 4.69) is 66.8 Å². The van der Waals surface area contributed by atoms with E-state index in [0.717, 1.165) is 0 Å². The molecule has 1 aliphatic heterocycles. The largest absolute Gasteiger partial charge is 0.150 e. The van der Waals surface area contributed by atoms with Crippen LogP contribution in [0.2, 0.25) is 0 Å². The van der Waals surface area contributed by atoms with Crippen molar-refractivity contribution in [2.45, 2.75) is 78.1 Å². The molecule has 0 saturated heterocycles. The monoisotopic (exact) mass is 520 g/mol. The summed E-state index contributed by atoms with van der Waals surface area (Å²) in [5.74, 6) is 0. The Balaban J connectivity index is 2.19. The zero-order valence-corrected chi connectivity index (χ0v) is 21.7. The van der Waals surface area contributed by atoms with Gasteiger partial charge in [-0.25, -0.2) is 0 Å². The van der Waals surface area contributed by atoms with Crippen LogP contribution in [0.1, 0.15) is 82.1 Å². The van der Waals surface area contributed by atoms with E-state index >= 15 is 0 Å². The lowest BCUT2D eigenvalue weighted by atomic mass is 10.0. The van der Waals surface area contributed by atoms with Crippen LogP contribution >= 0.6 is 53.1 Å². The van der Waals surface area contributed by atoms with Gasteiger partial charge in [-0.05, 0) is 80.8 Å². The molecule has 1 aromatic heterocycles. The van der Waals surface area contributed by atoms with Gasteiger partial charge in [0.05, 0.1) is 3.79 Å². The summed E-state index contributed by atoms with van der Waals surface area (Å²) in [5.41, 5.74) is 3.15. The lowest BCUT2D eigenvalue weighted by Gasteiger charge is -2.12. The first kappa shape index (κ1) is 22.0. The molecule has 0 nitrogen and oxygen atoms in total. The summed E-state index contributed by atoms with van der Waals surface area (Å²) < 4.78 is 2.68. The molecule has 0 saturated carbocycles. The maximum Gasteiger partial charge on any atom is 0.0708 e. The van der Waals surface area contributed by atoms with Gasteiger partial charge in [0.1, 0.15) is 0 Å². The highest BCUT2D eigenvalue weighted by molar-refractivity contribution is 9.14. The molecule has 0 aliphatic carbocycles. The molecule has 0 aromatic carbocycles. The molecule has 0 spiro atoms. The van der Waals surface area contributed by atoms with Crippen LogP contribution in [0.5, 0.6) is 0 Å². The van der Waals surface area contributed by atoms with E-state index in [0.29, 0.717) is 0 Å². The minimum absolute atomic E-state index is 0.225. The second-order valence-corrected chi connectivity index (χ2v) is 13.9. The Kier molecular flexibility index (Phi) is 10.1. The van der Waals surface area contributed by atoms with Crippen molar-refractivity contribution in [3.8, 4) is 0 Å². The lowest BCUT2D eigenvalue weighted by molar-refractivity contribution is 0.666. The minimum Gasteiger partial charge on any atom is -0.150 e.